The maximum absolute atomic E-state index is 13.0. The third kappa shape index (κ3) is 4.69. The van der Waals surface area contributed by atoms with Gasteiger partial charge in [-0.05, 0) is 23.6 Å². The van der Waals surface area contributed by atoms with Crippen LogP contribution in [0.2, 0.25) is 0 Å². The van der Waals surface area contributed by atoms with Crippen LogP contribution in [-0.4, -0.2) is 23.0 Å². The van der Waals surface area contributed by atoms with Gasteiger partial charge in [-0.3, -0.25) is 4.79 Å². The summed E-state index contributed by atoms with van der Waals surface area (Å²) in [5.74, 6) is -2.05. The van der Waals surface area contributed by atoms with Crippen molar-refractivity contribution < 1.29 is 19.1 Å². The van der Waals surface area contributed by atoms with E-state index in [2.05, 4.69) is 5.32 Å². The van der Waals surface area contributed by atoms with E-state index in [9.17, 15) is 14.0 Å². The van der Waals surface area contributed by atoms with E-state index in [1.807, 2.05) is 6.92 Å². The number of carbonyl (C=O) groups excluding carboxylic acids is 1. The number of benzene rings is 1. The van der Waals surface area contributed by atoms with Gasteiger partial charge in [0.05, 0.1) is 6.42 Å². The second-order valence-corrected chi connectivity index (χ2v) is 4.58. The molecule has 104 valence electrons. The van der Waals surface area contributed by atoms with E-state index in [0.29, 0.717) is 12.0 Å². The average Bonchev–Trinajstić information content (AvgIpc) is 2.34. The molecule has 0 bridgehead atoms. The minimum atomic E-state index is -1.05. The predicted octanol–water partition coefficient (Wildman–Crippen LogP) is 1.98. The van der Waals surface area contributed by atoms with Gasteiger partial charge in [0, 0.05) is 0 Å². The van der Waals surface area contributed by atoms with Gasteiger partial charge in [-0.25, -0.2) is 9.18 Å². The first-order chi connectivity index (χ1) is 8.93. The third-order valence-corrected chi connectivity index (χ3v) is 3.05. The molecular formula is C14H18FNO3. The van der Waals surface area contributed by atoms with Crippen molar-refractivity contribution in [3.05, 3.63) is 35.6 Å². The summed E-state index contributed by atoms with van der Waals surface area (Å²) in [5, 5.41) is 11.5. The maximum atomic E-state index is 13.0. The van der Waals surface area contributed by atoms with Crippen molar-refractivity contribution in [3.8, 4) is 0 Å². The summed E-state index contributed by atoms with van der Waals surface area (Å²) in [7, 11) is 0. The molecule has 2 atom stereocenters. The normalized spacial score (nSPS) is 13.6. The van der Waals surface area contributed by atoms with E-state index in [0.717, 1.165) is 0 Å². The Morgan fingerprint density at radius 3 is 2.63 bits per heavy atom. The van der Waals surface area contributed by atoms with Gasteiger partial charge in [-0.15, -0.1) is 0 Å². The second-order valence-electron chi connectivity index (χ2n) is 4.58. The number of halogens is 1. The van der Waals surface area contributed by atoms with Gasteiger partial charge < -0.3 is 10.4 Å². The van der Waals surface area contributed by atoms with Crippen molar-refractivity contribution in [3.63, 3.8) is 0 Å². The quantitative estimate of drug-likeness (QED) is 0.828. The van der Waals surface area contributed by atoms with Crippen LogP contribution in [0.5, 0.6) is 0 Å². The Balaban J connectivity index is 2.65. The molecule has 1 rings (SSSR count). The Labute approximate surface area is 111 Å². The van der Waals surface area contributed by atoms with Crippen LogP contribution in [-0.2, 0) is 16.0 Å². The molecule has 19 heavy (non-hydrogen) atoms. The van der Waals surface area contributed by atoms with Gasteiger partial charge in [0.2, 0.25) is 5.91 Å². The van der Waals surface area contributed by atoms with E-state index in [1.165, 1.54) is 18.2 Å². The summed E-state index contributed by atoms with van der Waals surface area (Å²) in [6.45, 7) is 3.63. The third-order valence-electron chi connectivity index (χ3n) is 3.05. The van der Waals surface area contributed by atoms with Gasteiger partial charge in [-0.1, -0.05) is 32.4 Å². The summed E-state index contributed by atoms with van der Waals surface area (Å²) < 4.78 is 13.0. The molecule has 1 amide bonds. The number of amides is 1. The summed E-state index contributed by atoms with van der Waals surface area (Å²) >= 11 is 0. The lowest BCUT2D eigenvalue weighted by Gasteiger charge is -2.20. The fourth-order valence-corrected chi connectivity index (χ4v) is 1.74. The molecule has 5 heteroatoms. The highest BCUT2D eigenvalue weighted by atomic mass is 19.1. The highest BCUT2D eigenvalue weighted by Crippen LogP contribution is 2.09. The van der Waals surface area contributed by atoms with Crippen LogP contribution in [0.1, 0.15) is 25.8 Å². The first kappa shape index (κ1) is 15.1. The topological polar surface area (TPSA) is 66.4 Å². The van der Waals surface area contributed by atoms with E-state index < -0.39 is 23.7 Å². The van der Waals surface area contributed by atoms with E-state index >= 15 is 0 Å². The molecule has 0 spiro atoms. The number of rotatable bonds is 6. The van der Waals surface area contributed by atoms with Crippen molar-refractivity contribution >= 4 is 11.9 Å². The van der Waals surface area contributed by atoms with E-state index in [-0.39, 0.29) is 12.3 Å². The number of aliphatic carboxylic acids is 1. The standard InChI is InChI=1S/C14H18FNO3/c1-3-9(2)13(14(18)19)16-12(17)8-10-5-4-6-11(15)7-10/h4-7,9,13H,3,8H2,1-2H3,(H,16,17)(H,18,19)/t9-,13+/m1/s1. The summed E-state index contributed by atoms with van der Waals surface area (Å²) in [5.41, 5.74) is 0.519. The Morgan fingerprint density at radius 1 is 1.42 bits per heavy atom. The monoisotopic (exact) mass is 267 g/mol. The molecule has 0 unspecified atom stereocenters. The van der Waals surface area contributed by atoms with Crippen LogP contribution in [0.4, 0.5) is 4.39 Å². The fraction of sp³-hybridized carbons (Fsp3) is 0.429. The minimum Gasteiger partial charge on any atom is -0.480 e. The Kier molecular flexibility index (Phi) is 5.48. The first-order valence-corrected chi connectivity index (χ1v) is 6.20. The molecule has 0 aliphatic heterocycles. The molecule has 0 aliphatic rings. The Bertz CT molecular complexity index is 462. The number of hydrogen-bond donors (Lipinski definition) is 2. The van der Waals surface area contributed by atoms with Gasteiger partial charge in [0.15, 0.2) is 0 Å². The maximum Gasteiger partial charge on any atom is 0.326 e. The molecule has 0 fully saturated rings. The fourth-order valence-electron chi connectivity index (χ4n) is 1.74. The smallest absolute Gasteiger partial charge is 0.326 e. The van der Waals surface area contributed by atoms with Crippen LogP contribution < -0.4 is 5.32 Å². The summed E-state index contributed by atoms with van der Waals surface area (Å²) in [4.78, 5) is 22.8. The van der Waals surface area contributed by atoms with Crippen molar-refractivity contribution in [2.45, 2.75) is 32.7 Å². The Hall–Kier alpha value is -1.91. The summed E-state index contributed by atoms with van der Waals surface area (Å²) in [6, 6.07) is 4.79. The molecule has 0 saturated carbocycles. The molecule has 1 aromatic rings. The van der Waals surface area contributed by atoms with Gasteiger partial charge in [0.1, 0.15) is 11.9 Å². The molecule has 0 saturated heterocycles. The first-order valence-electron chi connectivity index (χ1n) is 6.20. The Morgan fingerprint density at radius 2 is 2.11 bits per heavy atom. The van der Waals surface area contributed by atoms with Crippen LogP contribution in [0.25, 0.3) is 0 Å². The van der Waals surface area contributed by atoms with Crippen molar-refractivity contribution in [2.75, 3.05) is 0 Å². The zero-order chi connectivity index (χ0) is 14.4. The minimum absolute atomic E-state index is 0.0298. The largest absolute Gasteiger partial charge is 0.480 e. The zero-order valence-electron chi connectivity index (χ0n) is 11.0. The predicted molar refractivity (Wildman–Crippen MR) is 69.1 cm³/mol. The molecule has 0 heterocycles. The molecule has 0 aliphatic carbocycles. The van der Waals surface area contributed by atoms with Crippen LogP contribution >= 0.6 is 0 Å². The molecule has 2 N–H and O–H groups in total. The number of nitrogens with one attached hydrogen (secondary N) is 1. The van der Waals surface area contributed by atoms with Crippen LogP contribution in [0.15, 0.2) is 24.3 Å². The van der Waals surface area contributed by atoms with Crippen LogP contribution in [0, 0.1) is 11.7 Å². The van der Waals surface area contributed by atoms with E-state index in [4.69, 9.17) is 5.11 Å². The van der Waals surface area contributed by atoms with E-state index in [1.54, 1.807) is 13.0 Å². The summed E-state index contributed by atoms with van der Waals surface area (Å²) in [6.07, 6.45) is 0.620. The number of hydrogen-bond acceptors (Lipinski definition) is 2. The highest BCUT2D eigenvalue weighted by Gasteiger charge is 2.25. The van der Waals surface area contributed by atoms with Crippen molar-refractivity contribution in [2.24, 2.45) is 5.92 Å². The molecule has 1 aromatic carbocycles. The van der Waals surface area contributed by atoms with Gasteiger partial charge in [-0.2, -0.15) is 0 Å². The van der Waals surface area contributed by atoms with Gasteiger partial charge in [0.25, 0.3) is 0 Å². The number of carboxylic acids is 1. The average molecular weight is 267 g/mol. The SMILES string of the molecule is CC[C@@H](C)[C@H](NC(=O)Cc1cccc(F)c1)C(=O)O. The highest BCUT2D eigenvalue weighted by molar-refractivity contribution is 5.85. The van der Waals surface area contributed by atoms with Crippen molar-refractivity contribution in [1.82, 2.24) is 5.32 Å². The molecule has 4 nitrogen and oxygen atoms in total. The second kappa shape index (κ2) is 6.87. The molecular weight excluding hydrogens is 249 g/mol. The lowest BCUT2D eigenvalue weighted by Crippen LogP contribution is -2.45. The lowest BCUT2D eigenvalue weighted by molar-refractivity contribution is -0.143. The van der Waals surface area contributed by atoms with Gasteiger partial charge >= 0.3 is 5.97 Å². The lowest BCUT2D eigenvalue weighted by atomic mass is 9.99. The van der Waals surface area contributed by atoms with Crippen molar-refractivity contribution in [1.29, 1.82) is 0 Å². The zero-order valence-corrected chi connectivity index (χ0v) is 11.0. The molecule has 0 radical (unpaired) electrons. The number of carboxylic acid groups (broad SMARTS) is 1. The van der Waals surface area contributed by atoms with Crippen LogP contribution in [0.3, 0.4) is 0 Å². The number of carbonyl (C=O) groups is 2. The molecule has 0 aromatic heterocycles.